The third kappa shape index (κ3) is 4.16. The molecule has 8 heteroatoms. The molecule has 28 heavy (non-hydrogen) atoms. The SMILES string of the molecule is Nc1nccc(-c2ccc(C(=O)NCc3nc(C4CCCCC4)no3)cc2)n1. The third-order valence-corrected chi connectivity index (χ3v) is 4.97. The van der Waals surface area contributed by atoms with Crippen LogP contribution in [0.1, 0.15) is 60.1 Å². The molecule has 2 aromatic heterocycles. The summed E-state index contributed by atoms with van der Waals surface area (Å²) in [6.07, 6.45) is 7.52. The highest BCUT2D eigenvalue weighted by Gasteiger charge is 2.21. The van der Waals surface area contributed by atoms with Gasteiger partial charge in [0.1, 0.15) is 0 Å². The topological polar surface area (TPSA) is 120 Å². The molecular weight excluding hydrogens is 356 g/mol. The number of benzene rings is 1. The summed E-state index contributed by atoms with van der Waals surface area (Å²) in [4.78, 5) is 24.9. The van der Waals surface area contributed by atoms with E-state index in [4.69, 9.17) is 10.3 Å². The van der Waals surface area contributed by atoms with Crippen molar-refractivity contribution < 1.29 is 9.32 Å². The molecule has 1 amide bonds. The molecule has 0 bridgehead atoms. The van der Waals surface area contributed by atoms with Crippen LogP contribution in [0.15, 0.2) is 41.1 Å². The summed E-state index contributed by atoms with van der Waals surface area (Å²) >= 11 is 0. The molecular formula is C20H22N6O2. The Morgan fingerprint density at radius 1 is 1.11 bits per heavy atom. The maximum atomic E-state index is 12.4. The maximum absolute atomic E-state index is 12.4. The molecule has 0 atom stereocenters. The fourth-order valence-electron chi connectivity index (χ4n) is 3.45. The Bertz CT molecular complexity index is 947. The number of carbonyl (C=O) groups is 1. The third-order valence-electron chi connectivity index (χ3n) is 4.97. The smallest absolute Gasteiger partial charge is 0.251 e. The molecule has 1 saturated carbocycles. The minimum Gasteiger partial charge on any atom is -0.368 e. The number of anilines is 1. The first-order valence-corrected chi connectivity index (χ1v) is 9.48. The molecule has 3 N–H and O–H groups in total. The first-order valence-electron chi connectivity index (χ1n) is 9.48. The van der Waals surface area contributed by atoms with Gasteiger partial charge < -0.3 is 15.6 Å². The lowest BCUT2D eigenvalue weighted by atomic mass is 9.89. The Balaban J connectivity index is 1.35. The van der Waals surface area contributed by atoms with Gasteiger partial charge in [-0.1, -0.05) is 36.6 Å². The van der Waals surface area contributed by atoms with Gasteiger partial charge in [0, 0.05) is 23.2 Å². The van der Waals surface area contributed by atoms with Crippen LogP contribution in [0.25, 0.3) is 11.3 Å². The Morgan fingerprint density at radius 2 is 1.89 bits per heavy atom. The van der Waals surface area contributed by atoms with Crippen LogP contribution in [0, 0.1) is 0 Å². The Labute approximate surface area is 162 Å². The number of hydrogen-bond donors (Lipinski definition) is 2. The normalized spacial score (nSPS) is 14.7. The summed E-state index contributed by atoms with van der Waals surface area (Å²) < 4.78 is 5.29. The number of amides is 1. The molecule has 0 aliphatic heterocycles. The Kier molecular flexibility index (Phi) is 5.27. The van der Waals surface area contributed by atoms with Crippen LogP contribution in [0.2, 0.25) is 0 Å². The standard InChI is InChI=1S/C20H22N6O2/c21-20-22-11-10-16(24-20)13-6-8-15(9-7-13)19(27)23-12-17-25-18(26-28-17)14-4-2-1-3-5-14/h6-11,14H,1-5,12H2,(H,23,27)(H2,21,22,24). The fraction of sp³-hybridized carbons (Fsp3) is 0.350. The summed E-state index contributed by atoms with van der Waals surface area (Å²) in [7, 11) is 0. The first-order chi connectivity index (χ1) is 13.7. The molecule has 0 spiro atoms. The lowest BCUT2D eigenvalue weighted by molar-refractivity contribution is 0.0946. The summed E-state index contributed by atoms with van der Waals surface area (Å²) in [6, 6.07) is 8.90. The summed E-state index contributed by atoms with van der Waals surface area (Å²) in [5, 5.41) is 6.90. The number of nitrogens with one attached hydrogen (secondary N) is 1. The zero-order valence-electron chi connectivity index (χ0n) is 15.5. The molecule has 1 fully saturated rings. The van der Waals surface area contributed by atoms with E-state index in [0.717, 1.165) is 24.2 Å². The predicted octanol–water partition coefficient (Wildman–Crippen LogP) is 3.09. The molecule has 0 radical (unpaired) electrons. The monoisotopic (exact) mass is 378 g/mol. The largest absolute Gasteiger partial charge is 0.368 e. The number of nitrogens with zero attached hydrogens (tertiary/aromatic N) is 4. The zero-order chi connectivity index (χ0) is 19.3. The van der Waals surface area contributed by atoms with Gasteiger partial charge in [-0.2, -0.15) is 4.98 Å². The highest BCUT2D eigenvalue weighted by molar-refractivity contribution is 5.94. The van der Waals surface area contributed by atoms with Crippen molar-refractivity contribution in [3.05, 3.63) is 53.8 Å². The van der Waals surface area contributed by atoms with E-state index >= 15 is 0 Å². The van der Waals surface area contributed by atoms with Gasteiger partial charge in [-0.15, -0.1) is 0 Å². The van der Waals surface area contributed by atoms with Crippen molar-refractivity contribution >= 4 is 11.9 Å². The first kappa shape index (κ1) is 18.1. The summed E-state index contributed by atoms with van der Waals surface area (Å²) in [6.45, 7) is 0.211. The molecule has 3 aromatic rings. The van der Waals surface area contributed by atoms with Gasteiger partial charge in [0.15, 0.2) is 5.82 Å². The van der Waals surface area contributed by atoms with E-state index < -0.39 is 0 Å². The molecule has 0 saturated heterocycles. The van der Waals surface area contributed by atoms with Gasteiger partial charge in [-0.25, -0.2) is 9.97 Å². The average Bonchev–Trinajstić information content (AvgIpc) is 3.22. The van der Waals surface area contributed by atoms with Crippen molar-refractivity contribution in [1.29, 1.82) is 0 Å². The van der Waals surface area contributed by atoms with E-state index in [-0.39, 0.29) is 18.4 Å². The minimum absolute atomic E-state index is 0.203. The maximum Gasteiger partial charge on any atom is 0.251 e. The fourth-order valence-corrected chi connectivity index (χ4v) is 3.45. The van der Waals surface area contributed by atoms with Crippen LogP contribution in [0.5, 0.6) is 0 Å². The van der Waals surface area contributed by atoms with E-state index in [1.807, 2.05) is 12.1 Å². The van der Waals surface area contributed by atoms with Gasteiger partial charge in [0.25, 0.3) is 5.91 Å². The molecule has 0 unspecified atom stereocenters. The highest BCUT2D eigenvalue weighted by atomic mass is 16.5. The quantitative estimate of drug-likeness (QED) is 0.700. The van der Waals surface area contributed by atoms with Crippen LogP contribution in [-0.4, -0.2) is 26.0 Å². The molecule has 2 heterocycles. The van der Waals surface area contributed by atoms with Crippen LogP contribution >= 0.6 is 0 Å². The molecule has 1 aliphatic carbocycles. The zero-order valence-corrected chi connectivity index (χ0v) is 15.5. The van der Waals surface area contributed by atoms with Crippen LogP contribution in [0.4, 0.5) is 5.95 Å². The van der Waals surface area contributed by atoms with Gasteiger partial charge >= 0.3 is 0 Å². The molecule has 4 rings (SSSR count). The van der Waals surface area contributed by atoms with Crippen molar-refractivity contribution in [3.8, 4) is 11.3 Å². The molecule has 1 aliphatic rings. The molecule has 1 aromatic carbocycles. The predicted molar refractivity (Wildman–Crippen MR) is 103 cm³/mol. The van der Waals surface area contributed by atoms with E-state index in [1.54, 1.807) is 24.4 Å². The number of nitrogen functional groups attached to an aromatic ring is 1. The number of aromatic nitrogens is 4. The number of nitrogens with two attached hydrogens (primary N) is 1. The second-order valence-electron chi connectivity index (χ2n) is 6.94. The summed E-state index contributed by atoms with van der Waals surface area (Å²) in [5.74, 6) is 1.59. The second kappa shape index (κ2) is 8.16. The van der Waals surface area contributed by atoms with E-state index in [0.29, 0.717) is 23.1 Å². The van der Waals surface area contributed by atoms with Crippen molar-refractivity contribution in [2.45, 2.75) is 44.6 Å². The highest BCUT2D eigenvalue weighted by Crippen LogP contribution is 2.30. The minimum atomic E-state index is -0.203. The van der Waals surface area contributed by atoms with Crippen LogP contribution in [0.3, 0.4) is 0 Å². The van der Waals surface area contributed by atoms with Crippen molar-refractivity contribution in [2.24, 2.45) is 0 Å². The van der Waals surface area contributed by atoms with Gasteiger partial charge in [-0.05, 0) is 31.0 Å². The lowest BCUT2D eigenvalue weighted by Crippen LogP contribution is -2.23. The van der Waals surface area contributed by atoms with Gasteiger partial charge in [0.05, 0.1) is 12.2 Å². The van der Waals surface area contributed by atoms with Crippen LogP contribution < -0.4 is 11.1 Å². The van der Waals surface area contributed by atoms with Crippen LogP contribution in [-0.2, 0) is 6.54 Å². The van der Waals surface area contributed by atoms with Gasteiger partial charge in [-0.3, -0.25) is 4.79 Å². The van der Waals surface area contributed by atoms with Crippen molar-refractivity contribution in [1.82, 2.24) is 25.4 Å². The average molecular weight is 378 g/mol. The number of carbonyl (C=O) groups excluding carboxylic acids is 1. The van der Waals surface area contributed by atoms with E-state index in [2.05, 4.69) is 25.4 Å². The Morgan fingerprint density at radius 3 is 2.64 bits per heavy atom. The second-order valence-corrected chi connectivity index (χ2v) is 6.94. The Hall–Kier alpha value is -3.29. The summed E-state index contributed by atoms with van der Waals surface area (Å²) in [5.41, 5.74) is 7.72. The lowest BCUT2D eigenvalue weighted by Gasteiger charge is -2.17. The van der Waals surface area contributed by atoms with Crippen molar-refractivity contribution in [3.63, 3.8) is 0 Å². The molecule has 144 valence electrons. The number of rotatable bonds is 5. The number of hydrogen-bond acceptors (Lipinski definition) is 7. The molecule has 8 nitrogen and oxygen atoms in total. The van der Waals surface area contributed by atoms with Crippen molar-refractivity contribution in [2.75, 3.05) is 5.73 Å². The van der Waals surface area contributed by atoms with E-state index in [9.17, 15) is 4.79 Å². The van der Waals surface area contributed by atoms with Gasteiger partial charge in [0.2, 0.25) is 11.8 Å². The van der Waals surface area contributed by atoms with E-state index in [1.165, 1.54) is 19.3 Å².